The molecular weight excluding hydrogens is 367 g/mol. The molecule has 0 bridgehead atoms. The van der Waals surface area contributed by atoms with E-state index in [0.717, 1.165) is 12.1 Å². The van der Waals surface area contributed by atoms with Crippen molar-refractivity contribution in [2.24, 2.45) is 5.14 Å². The minimum atomic E-state index is -4.13. The Bertz CT molecular complexity index is 680. The van der Waals surface area contributed by atoms with Crippen LogP contribution < -0.4 is 5.14 Å². The Morgan fingerprint density at radius 3 is 2.71 bits per heavy atom. The lowest BCUT2D eigenvalue weighted by Crippen LogP contribution is -2.30. The van der Waals surface area contributed by atoms with Crippen LogP contribution in [0.3, 0.4) is 0 Å². The first-order valence-corrected chi connectivity index (χ1v) is 8.42. The Balaban J connectivity index is 2.37. The highest BCUT2D eigenvalue weighted by Gasteiger charge is 2.28. The maximum absolute atomic E-state index is 13.8. The van der Waals surface area contributed by atoms with E-state index in [9.17, 15) is 17.6 Å². The number of halogens is 2. The van der Waals surface area contributed by atoms with Gasteiger partial charge in [0.05, 0.1) is 15.5 Å². The lowest BCUT2D eigenvalue weighted by molar-refractivity contribution is 0.0723. The molecule has 1 atom stereocenters. The van der Waals surface area contributed by atoms with E-state index in [2.05, 4.69) is 15.9 Å². The number of hydrogen-bond acceptors (Lipinski definition) is 4. The third-order valence-electron chi connectivity index (χ3n) is 3.31. The van der Waals surface area contributed by atoms with Crippen molar-refractivity contribution < 1.29 is 22.3 Å². The molecule has 21 heavy (non-hydrogen) atoms. The van der Waals surface area contributed by atoms with Crippen molar-refractivity contribution in [3.63, 3.8) is 0 Å². The summed E-state index contributed by atoms with van der Waals surface area (Å²) >= 11 is 2.82. The minimum absolute atomic E-state index is 0.0588. The zero-order valence-corrected chi connectivity index (χ0v) is 13.6. The molecule has 116 valence electrons. The summed E-state index contributed by atoms with van der Waals surface area (Å²) in [6.45, 7) is 0.859. The Labute approximate surface area is 130 Å². The van der Waals surface area contributed by atoms with Gasteiger partial charge in [-0.1, -0.05) is 0 Å². The van der Waals surface area contributed by atoms with Crippen LogP contribution in [0.5, 0.6) is 0 Å². The zero-order chi connectivity index (χ0) is 15.8. The number of sulfonamides is 1. The van der Waals surface area contributed by atoms with Crippen molar-refractivity contribution in [1.29, 1.82) is 0 Å². The Kier molecular flexibility index (Phi) is 4.66. The predicted molar refractivity (Wildman–Crippen MR) is 76.8 cm³/mol. The van der Waals surface area contributed by atoms with Gasteiger partial charge in [-0.15, -0.1) is 0 Å². The largest absolute Gasteiger partial charge is 0.380 e. The van der Waals surface area contributed by atoms with E-state index in [-0.39, 0.29) is 16.1 Å². The van der Waals surface area contributed by atoms with Gasteiger partial charge in [0.2, 0.25) is 10.0 Å². The van der Waals surface area contributed by atoms with Gasteiger partial charge in [-0.25, -0.2) is 17.9 Å². The molecule has 1 amide bonds. The highest BCUT2D eigenvalue weighted by molar-refractivity contribution is 9.10. The number of primary sulfonamides is 1. The van der Waals surface area contributed by atoms with Gasteiger partial charge in [0, 0.05) is 25.8 Å². The number of hydrogen-bond donors (Lipinski definition) is 1. The van der Waals surface area contributed by atoms with Crippen molar-refractivity contribution in [3.8, 4) is 0 Å². The van der Waals surface area contributed by atoms with Crippen LogP contribution in [0.2, 0.25) is 0 Å². The minimum Gasteiger partial charge on any atom is -0.380 e. The lowest BCUT2D eigenvalue weighted by atomic mass is 10.2. The Morgan fingerprint density at radius 1 is 1.52 bits per heavy atom. The third-order valence-corrected chi connectivity index (χ3v) is 5.32. The van der Waals surface area contributed by atoms with Gasteiger partial charge in [0.25, 0.3) is 5.91 Å². The third kappa shape index (κ3) is 3.42. The van der Waals surface area contributed by atoms with E-state index in [1.807, 2.05) is 0 Å². The fourth-order valence-corrected chi connectivity index (χ4v) is 3.73. The van der Waals surface area contributed by atoms with Crippen LogP contribution in [-0.2, 0) is 14.8 Å². The molecule has 1 aromatic rings. The first-order chi connectivity index (χ1) is 9.74. The highest BCUT2D eigenvalue weighted by Crippen LogP contribution is 2.27. The summed E-state index contributed by atoms with van der Waals surface area (Å²) in [4.78, 5) is 13.3. The van der Waals surface area contributed by atoms with Crippen LogP contribution in [0.1, 0.15) is 16.8 Å². The van der Waals surface area contributed by atoms with Crippen LogP contribution in [-0.4, -0.2) is 45.5 Å². The maximum Gasteiger partial charge on any atom is 0.254 e. The molecule has 1 aliphatic heterocycles. The van der Waals surface area contributed by atoms with E-state index in [0.29, 0.717) is 19.5 Å². The SMILES string of the molecule is COC1CCN(C(=O)c2cc(F)c(Br)c(S(N)(=O)=O)c2)C1. The summed E-state index contributed by atoms with van der Waals surface area (Å²) in [6, 6.07) is 2.06. The number of nitrogens with zero attached hydrogens (tertiary/aromatic N) is 1. The van der Waals surface area contributed by atoms with Gasteiger partial charge in [-0.2, -0.15) is 0 Å². The molecule has 1 aromatic carbocycles. The molecule has 1 fully saturated rings. The fraction of sp³-hybridized carbons (Fsp3) is 0.417. The summed E-state index contributed by atoms with van der Waals surface area (Å²) in [5.41, 5.74) is -0.0588. The van der Waals surface area contributed by atoms with Gasteiger partial charge in [0.15, 0.2) is 0 Å². The molecule has 0 radical (unpaired) electrons. The average Bonchev–Trinajstić information content (AvgIpc) is 2.88. The summed E-state index contributed by atoms with van der Waals surface area (Å²) in [5.74, 6) is -1.31. The molecule has 0 spiro atoms. The van der Waals surface area contributed by atoms with Crippen molar-refractivity contribution >= 4 is 31.9 Å². The standard InChI is InChI=1S/C12H14BrFN2O4S/c1-20-8-2-3-16(6-8)12(17)7-4-9(14)11(13)10(5-7)21(15,18)19/h4-5,8H,2-3,6H2,1H3,(H2,15,18,19). The average molecular weight is 381 g/mol. The smallest absolute Gasteiger partial charge is 0.254 e. The normalized spacial score (nSPS) is 19.0. The molecule has 6 nitrogen and oxygen atoms in total. The Hall–Kier alpha value is -1.03. The molecule has 0 aliphatic carbocycles. The highest BCUT2D eigenvalue weighted by atomic mass is 79.9. The predicted octanol–water partition coefficient (Wildman–Crippen LogP) is 1.10. The first kappa shape index (κ1) is 16.3. The molecule has 9 heteroatoms. The number of nitrogens with two attached hydrogens (primary N) is 1. The summed E-state index contributed by atoms with van der Waals surface area (Å²) in [5, 5.41) is 5.02. The van der Waals surface area contributed by atoms with E-state index >= 15 is 0 Å². The van der Waals surface area contributed by atoms with E-state index in [4.69, 9.17) is 9.88 Å². The number of benzene rings is 1. The van der Waals surface area contributed by atoms with Gasteiger partial charge >= 0.3 is 0 Å². The monoisotopic (exact) mass is 380 g/mol. The molecule has 2 rings (SSSR count). The molecule has 1 heterocycles. The first-order valence-electron chi connectivity index (χ1n) is 6.08. The zero-order valence-electron chi connectivity index (χ0n) is 11.2. The van der Waals surface area contributed by atoms with Crippen LogP contribution in [0.25, 0.3) is 0 Å². The van der Waals surface area contributed by atoms with Gasteiger partial charge in [-0.05, 0) is 34.5 Å². The van der Waals surface area contributed by atoms with E-state index in [1.54, 1.807) is 7.11 Å². The van der Waals surface area contributed by atoms with Crippen molar-refractivity contribution in [2.75, 3.05) is 20.2 Å². The van der Waals surface area contributed by atoms with Gasteiger partial charge in [-0.3, -0.25) is 4.79 Å². The summed E-state index contributed by atoms with van der Waals surface area (Å²) in [7, 11) is -2.58. The molecular formula is C12H14BrFN2O4S. The number of amides is 1. The van der Waals surface area contributed by atoms with Crippen molar-refractivity contribution in [1.82, 2.24) is 4.90 Å². The number of carbonyl (C=O) groups is 1. The lowest BCUT2D eigenvalue weighted by Gasteiger charge is -2.17. The van der Waals surface area contributed by atoms with Crippen LogP contribution in [0, 0.1) is 5.82 Å². The van der Waals surface area contributed by atoms with E-state index < -0.39 is 26.6 Å². The van der Waals surface area contributed by atoms with Gasteiger partial charge < -0.3 is 9.64 Å². The Morgan fingerprint density at radius 2 is 2.19 bits per heavy atom. The second kappa shape index (κ2) is 5.99. The number of methoxy groups -OCH3 is 1. The molecule has 1 unspecified atom stereocenters. The maximum atomic E-state index is 13.8. The van der Waals surface area contributed by atoms with E-state index in [1.165, 1.54) is 4.90 Å². The molecule has 0 saturated carbocycles. The second-order valence-corrected chi connectivity index (χ2v) is 7.04. The second-order valence-electron chi connectivity index (χ2n) is 4.71. The molecule has 2 N–H and O–H groups in total. The molecule has 1 aliphatic rings. The molecule has 1 saturated heterocycles. The number of ether oxygens (including phenoxy) is 1. The summed E-state index contributed by atoms with van der Waals surface area (Å²) in [6.07, 6.45) is 0.621. The van der Waals surface area contributed by atoms with Crippen LogP contribution in [0.4, 0.5) is 4.39 Å². The number of rotatable bonds is 3. The number of likely N-dealkylation sites (tertiary alicyclic amines) is 1. The van der Waals surface area contributed by atoms with Crippen LogP contribution >= 0.6 is 15.9 Å². The molecule has 0 aromatic heterocycles. The van der Waals surface area contributed by atoms with Crippen LogP contribution in [0.15, 0.2) is 21.5 Å². The van der Waals surface area contributed by atoms with Crippen molar-refractivity contribution in [3.05, 3.63) is 28.0 Å². The fourth-order valence-electron chi connectivity index (χ4n) is 2.18. The number of carbonyl (C=O) groups excluding carboxylic acids is 1. The topological polar surface area (TPSA) is 89.7 Å². The quantitative estimate of drug-likeness (QED) is 0.849. The summed E-state index contributed by atoms with van der Waals surface area (Å²) < 4.78 is 41.5. The van der Waals surface area contributed by atoms with Gasteiger partial charge in [0.1, 0.15) is 5.82 Å². The van der Waals surface area contributed by atoms with Crippen molar-refractivity contribution in [2.45, 2.75) is 17.4 Å².